The summed E-state index contributed by atoms with van der Waals surface area (Å²) < 4.78 is 31.4. The highest BCUT2D eigenvalue weighted by molar-refractivity contribution is 6.33. The number of hydrogen-bond donors (Lipinski definition) is 2. The van der Waals surface area contributed by atoms with Gasteiger partial charge in [0.25, 0.3) is 0 Å². The number of aliphatic carboxylic acids is 1. The molecule has 1 aliphatic rings. The van der Waals surface area contributed by atoms with Gasteiger partial charge in [0.15, 0.2) is 17.6 Å². The van der Waals surface area contributed by atoms with Gasteiger partial charge in [-0.1, -0.05) is 29.8 Å². The van der Waals surface area contributed by atoms with Crippen LogP contribution >= 0.6 is 11.6 Å². The lowest BCUT2D eigenvalue weighted by Gasteiger charge is -2.28. The van der Waals surface area contributed by atoms with Crippen molar-refractivity contribution in [2.75, 3.05) is 13.7 Å². The Morgan fingerprint density at radius 2 is 1.91 bits per heavy atom. The molecule has 0 amide bonds. The zero-order chi connectivity index (χ0) is 23.7. The first-order chi connectivity index (χ1) is 15.8. The van der Waals surface area contributed by atoms with Gasteiger partial charge in [0.05, 0.1) is 19.1 Å². The average molecular weight is 473 g/mol. The number of carbonyl (C=O) groups is 1. The van der Waals surface area contributed by atoms with Crippen molar-refractivity contribution < 1.29 is 33.6 Å². The second kappa shape index (κ2) is 9.29. The van der Waals surface area contributed by atoms with E-state index >= 15 is 0 Å². The van der Waals surface area contributed by atoms with Crippen LogP contribution in [0.2, 0.25) is 5.02 Å². The Morgan fingerprint density at radius 1 is 1.12 bits per heavy atom. The maximum atomic E-state index is 14.4. The lowest BCUT2D eigenvalue weighted by molar-refractivity contribution is -0.145. The first kappa shape index (κ1) is 22.9. The summed E-state index contributed by atoms with van der Waals surface area (Å²) in [6.45, 7) is 1.66. The molecule has 0 spiro atoms. The Balaban J connectivity index is 1.59. The monoisotopic (exact) mass is 472 g/mol. The van der Waals surface area contributed by atoms with E-state index in [1.807, 2.05) is 0 Å². The Morgan fingerprint density at radius 3 is 2.61 bits per heavy atom. The minimum Gasteiger partial charge on any atom is -0.497 e. The van der Waals surface area contributed by atoms with E-state index < -0.39 is 29.9 Å². The highest BCUT2D eigenvalue weighted by atomic mass is 35.5. The van der Waals surface area contributed by atoms with Crippen LogP contribution in [-0.4, -0.2) is 29.9 Å². The van der Waals surface area contributed by atoms with Gasteiger partial charge in [0.1, 0.15) is 18.2 Å². The van der Waals surface area contributed by atoms with Crippen LogP contribution in [0.15, 0.2) is 54.6 Å². The topological polar surface area (TPSA) is 85.2 Å². The molecule has 0 radical (unpaired) electrons. The number of hydrogen-bond acceptors (Lipinski definition) is 5. The van der Waals surface area contributed by atoms with Crippen LogP contribution < -0.4 is 14.2 Å². The van der Waals surface area contributed by atoms with E-state index in [-0.39, 0.29) is 6.61 Å². The lowest BCUT2D eigenvalue weighted by Crippen LogP contribution is -2.22. The van der Waals surface area contributed by atoms with Crippen LogP contribution in [0.1, 0.15) is 30.3 Å². The fourth-order valence-electron chi connectivity index (χ4n) is 3.65. The third kappa shape index (κ3) is 4.60. The highest BCUT2D eigenvalue weighted by Crippen LogP contribution is 2.40. The van der Waals surface area contributed by atoms with Crippen LogP contribution in [0, 0.1) is 11.7 Å². The van der Waals surface area contributed by atoms with Gasteiger partial charge in [-0.15, -0.1) is 0 Å². The minimum absolute atomic E-state index is 0.226. The molecule has 8 heteroatoms. The number of fused-ring (bicyclic) bond motifs is 1. The van der Waals surface area contributed by atoms with Gasteiger partial charge < -0.3 is 24.4 Å². The van der Waals surface area contributed by atoms with Gasteiger partial charge in [-0.05, 0) is 54.4 Å². The molecule has 0 bridgehead atoms. The minimum atomic E-state index is -1.19. The molecule has 0 saturated heterocycles. The summed E-state index contributed by atoms with van der Waals surface area (Å²) in [6, 6.07) is 14.5. The van der Waals surface area contributed by atoms with Gasteiger partial charge in [-0.2, -0.15) is 0 Å². The second-order valence-corrected chi connectivity index (χ2v) is 8.19. The molecule has 6 nitrogen and oxygen atoms in total. The Bertz CT molecular complexity index is 1200. The normalized spacial score (nSPS) is 16.7. The molecule has 1 heterocycles. The Kier molecular flexibility index (Phi) is 6.44. The van der Waals surface area contributed by atoms with E-state index in [9.17, 15) is 14.3 Å². The molecule has 3 aromatic rings. The van der Waals surface area contributed by atoms with Crippen molar-refractivity contribution >= 4 is 17.6 Å². The van der Waals surface area contributed by atoms with Gasteiger partial charge in [0.2, 0.25) is 0 Å². The van der Waals surface area contributed by atoms with E-state index in [2.05, 4.69) is 0 Å². The third-order valence-corrected chi connectivity index (χ3v) is 5.97. The SMILES string of the molecule is COc1ccc(F)c(-c2ccc([C@@H]3COc4ccc([C@H](O)[C@H](C)C(=O)O)cc4O3)cc2Cl)c1. The van der Waals surface area contributed by atoms with Crippen molar-refractivity contribution in [3.05, 3.63) is 76.6 Å². The van der Waals surface area contributed by atoms with Crippen LogP contribution in [0.25, 0.3) is 11.1 Å². The van der Waals surface area contributed by atoms with Crippen LogP contribution in [0.3, 0.4) is 0 Å². The van der Waals surface area contributed by atoms with Gasteiger partial charge in [0, 0.05) is 16.1 Å². The van der Waals surface area contributed by atoms with Crippen molar-refractivity contribution in [1.29, 1.82) is 0 Å². The summed E-state index contributed by atoms with van der Waals surface area (Å²) in [6.07, 6.45) is -1.69. The zero-order valence-corrected chi connectivity index (χ0v) is 18.7. The summed E-state index contributed by atoms with van der Waals surface area (Å²) in [5, 5.41) is 19.8. The number of benzene rings is 3. The van der Waals surface area contributed by atoms with E-state index in [1.165, 1.54) is 26.2 Å². The maximum absolute atomic E-state index is 14.4. The van der Waals surface area contributed by atoms with Crippen molar-refractivity contribution in [2.24, 2.45) is 5.92 Å². The highest BCUT2D eigenvalue weighted by Gasteiger charge is 2.27. The molecule has 0 aliphatic carbocycles. The smallest absolute Gasteiger partial charge is 0.309 e. The number of halogens is 2. The summed E-state index contributed by atoms with van der Waals surface area (Å²) in [5.41, 5.74) is 1.97. The molecule has 172 valence electrons. The zero-order valence-electron chi connectivity index (χ0n) is 17.9. The molecule has 0 unspecified atom stereocenters. The lowest BCUT2D eigenvalue weighted by atomic mass is 9.97. The van der Waals surface area contributed by atoms with Gasteiger partial charge >= 0.3 is 5.97 Å². The van der Waals surface area contributed by atoms with E-state index in [0.29, 0.717) is 39.0 Å². The molecule has 2 N–H and O–H groups in total. The predicted octanol–water partition coefficient (Wildman–Crippen LogP) is 5.42. The standard InChI is InChI=1S/C25H22ClFO6/c1-13(25(29)30)24(28)15-4-8-21-22(10-15)33-23(12-32-21)14-3-6-17(19(26)9-14)18-11-16(31-2)5-7-20(18)27/h3-11,13,23-24,28H,12H2,1-2H3,(H,29,30)/t13-,23-,24+/m0/s1. The fraction of sp³-hybridized carbons (Fsp3) is 0.240. The fourth-order valence-corrected chi connectivity index (χ4v) is 3.94. The Labute approximate surface area is 195 Å². The van der Waals surface area contributed by atoms with E-state index in [4.69, 9.17) is 30.9 Å². The number of methoxy groups -OCH3 is 1. The largest absolute Gasteiger partial charge is 0.497 e. The van der Waals surface area contributed by atoms with Crippen molar-refractivity contribution in [3.63, 3.8) is 0 Å². The second-order valence-electron chi connectivity index (χ2n) is 7.78. The predicted molar refractivity (Wildman–Crippen MR) is 120 cm³/mol. The van der Waals surface area contributed by atoms with Gasteiger partial charge in [-0.25, -0.2) is 4.39 Å². The molecule has 0 fully saturated rings. The van der Waals surface area contributed by atoms with Crippen LogP contribution in [0.5, 0.6) is 17.2 Å². The van der Waals surface area contributed by atoms with E-state index in [0.717, 1.165) is 5.56 Å². The molecule has 3 aromatic carbocycles. The molecule has 4 rings (SSSR count). The van der Waals surface area contributed by atoms with Gasteiger partial charge in [-0.3, -0.25) is 4.79 Å². The molecule has 33 heavy (non-hydrogen) atoms. The maximum Gasteiger partial charge on any atom is 0.309 e. The molecular formula is C25H22ClFO6. The quantitative estimate of drug-likeness (QED) is 0.498. The number of aliphatic hydroxyl groups excluding tert-OH is 1. The number of carboxylic acids is 1. The first-order valence-corrected chi connectivity index (χ1v) is 10.6. The van der Waals surface area contributed by atoms with E-state index in [1.54, 1.807) is 42.5 Å². The van der Waals surface area contributed by atoms with Crippen LogP contribution in [0.4, 0.5) is 4.39 Å². The van der Waals surface area contributed by atoms with Crippen molar-refractivity contribution in [3.8, 4) is 28.4 Å². The summed E-state index contributed by atoms with van der Waals surface area (Å²) in [5.74, 6) is -1.10. The first-order valence-electron chi connectivity index (χ1n) is 10.3. The number of aliphatic hydroxyl groups is 1. The Hall–Kier alpha value is -3.29. The molecule has 1 aliphatic heterocycles. The molecule has 0 aromatic heterocycles. The molecular weight excluding hydrogens is 451 g/mol. The van der Waals surface area contributed by atoms with Crippen molar-refractivity contribution in [2.45, 2.75) is 19.1 Å². The average Bonchev–Trinajstić information content (AvgIpc) is 2.82. The number of ether oxygens (including phenoxy) is 3. The summed E-state index contributed by atoms with van der Waals surface area (Å²) >= 11 is 6.49. The summed E-state index contributed by atoms with van der Waals surface area (Å²) in [4.78, 5) is 11.2. The number of rotatable bonds is 6. The molecule has 0 saturated carbocycles. The van der Waals surface area contributed by atoms with Crippen LogP contribution in [-0.2, 0) is 4.79 Å². The van der Waals surface area contributed by atoms with Crippen molar-refractivity contribution in [1.82, 2.24) is 0 Å². The summed E-state index contributed by atoms with van der Waals surface area (Å²) in [7, 11) is 1.51. The molecule has 3 atom stereocenters. The third-order valence-electron chi connectivity index (χ3n) is 5.66. The number of carboxylic acid groups (broad SMARTS) is 1.